The molecule has 0 amide bonds. The van der Waals surface area contributed by atoms with Crippen molar-refractivity contribution in [1.29, 1.82) is 5.26 Å². The summed E-state index contributed by atoms with van der Waals surface area (Å²) in [6.07, 6.45) is -0.205. The molecule has 0 saturated heterocycles. The SMILES string of the molecule is CCC(C)(C#N)C(O)c1sccc1Cl. The first kappa shape index (κ1) is 11.5. The van der Waals surface area contributed by atoms with Crippen molar-refractivity contribution in [1.82, 2.24) is 0 Å². The summed E-state index contributed by atoms with van der Waals surface area (Å²) in [7, 11) is 0. The van der Waals surface area contributed by atoms with Gasteiger partial charge in [-0.3, -0.25) is 0 Å². The first-order chi connectivity index (χ1) is 6.55. The second kappa shape index (κ2) is 4.31. The van der Waals surface area contributed by atoms with E-state index in [4.69, 9.17) is 16.9 Å². The molecule has 0 radical (unpaired) electrons. The molecule has 4 heteroatoms. The summed E-state index contributed by atoms with van der Waals surface area (Å²) in [6, 6.07) is 3.88. The van der Waals surface area contributed by atoms with E-state index >= 15 is 0 Å². The fourth-order valence-corrected chi connectivity index (χ4v) is 2.42. The molecule has 0 aromatic carbocycles. The van der Waals surface area contributed by atoms with Crippen LogP contribution in [0.2, 0.25) is 5.02 Å². The molecule has 2 atom stereocenters. The molecule has 0 bridgehead atoms. The lowest BCUT2D eigenvalue weighted by Crippen LogP contribution is -2.22. The van der Waals surface area contributed by atoms with Crippen molar-refractivity contribution in [3.05, 3.63) is 21.3 Å². The Morgan fingerprint density at radius 2 is 2.43 bits per heavy atom. The summed E-state index contributed by atoms with van der Waals surface area (Å²) in [4.78, 5) is 0.678. The van der Waals surface area contributed by atoms with Crippen LogP contribution in [0.4, 0.5) is 0 Å². The number of nitrogens with zero attached hydrogens (tertiary/aromatic N) is 1. The summed E-state index contributed by atoms with van der Waals surface area (Å²) < 4.78 is 0. The summed E-state index contributed by atoms with van der Waals surface area (Å²) in [5.74, 6) is 0. The van der Waals surface area contributed by atoms with Crippen molar-refractivity contribution in [2.45, 2.75) is 26.4 Å². The molecular weight excluding hydrogens is 218 g/mol. The van der Waals surface area contributed by atoms with Crippen LogP contribution < -0.4 is 0 Å². The van der Waals surface area contributed by atoms with Crippen molar-refractivity contribution in [3.63, 3.8) is 0 Å². The minimum Gasteiger partial charge on any atom is -0.386 e. The molecule has 2 unspecified atom stereocenters. The molecule has 1 aromatic heterocycles. The number of hydrogen-bond donors (Lipinski definition) is 1. The Labute approximate surface area is 92.8 Å². The average molecular weight is 230 g/mol. The summed E-state index contributed by atoms with van der Waals surface area (Å²) in [5.41, 5.74) is -0.755. The number of nitriles is 1. The number of halogens is 1. The smallest absolute Gasteiger partial charge is 0.108 e. The highest BCUT2D eigenvalue weighted by atomic mass is 35.5. The zero-order chi connectivity index (χ0) is 10.8. The van der Waals surface area contributed by atoms with Gasteiger partial charge in [0.1, 0.15) is 6.10 Å². The largest absolute Gasteiger partial charge is 0.386 e. The van der Waals surface area contributed by atoms with Crippen LogP contribution in [0.15, 0.2) is 11.4 Å². The fraction of sp³-hybridized carbons (Fsp3) is 0.500. The van der Waals surface area contributed by atoms with E-state index in [1.165, 1.54) is 11.3 Å². The van der Waals surface area contributed by atoms with Crippen molar-refractivity contribution in [2.24, 2.45) is 5.41 Å². The third kappa shape index (κ3) is 1.93. The highest BCUT2D eigenvalue weighted by molar-refractivity contribution is 7.10. The first-order valence-electron chi connectivity index (χ1n) is 4.37. The van der Waals surface area contributed by atoms with Crippen LogP contribution in [-0.2, 0) is 0 Å². The van der Waals surface area contributed by atoms with Gasteiger partial charge in [-0.1, -0.05) is 18.5 Å². The van der Waals surface area contributed by atoms with Crippen LogP contribution in [0.25, 0.3) is 0 Å². The van der Waals surface area contributed by atoms with Crippen LogP contribution in [0.5, 0.6) is 0 Å². The van der Waals surface area contributed by atoms with Gasteiger partial charge in [-0.05, 0) is 24.8 Å². The van der Waals surface area contributed by atoms with Gasteiger partial charge >= 0.3 is 0 Å². The van der Waals surface area contributed by atoms with E-state index in [9.17, 15) is 5.11 Å². The monoisotopic (exact) mass is 229 g/mol. The normalized spacial score (nSPS) is 17.1. The van der Waals surface area contributed by atoms with Crippen LogP contribution in [0.3, 0.4) is 0 Å². The third-order valence-corrected chi connectivity index (χ3v) is 3.90. The Morgan fingerprint density at radius 3 is 2.79 bits per heavy atom. The topological polar surface area (TPSA) is 44.0 Å². The van der Waals surface area contributed by atoms with Gasteiger partial charge in [-0.25, -0.2) is 0 Å². The minimum atomic E-state index is -0.801. The van der Waals surface area contributed by atoms with E-state index in [0.717, 1.165) is 0 Å². The predicted octanol–water partition coefficient (Wildman–Crippen LogP) is 3.37. The Kier molecular flexibility index (Phi) is 3.54. The molecule has 1 N–H and O–H groups in total. The van der Waals surface area contributed by atoms with Crippen molar-refractivity contribution < 1.29 is 5.11 Å². The van der Waals surface area contributed by atoms with Gasteiger partial charge in [-0.15, -0.1) is 11.3 Å². The molecule has 14 heavy (non-hydrogen) atoms. The Bertz CT molecular complexity index is 357. The summed E-state index contributed by atoms with van der Waals surface area (Å²) in [5, 5.41) is 21.4. The van der Waals surface area contributed by atoms with Crippen LogP contribution in [0, 0.1) is 16.7 Å². The fourth-order valence-electron chi connectivity index (χ4n) is 1.12. The number of hydrogen-bond acceptors (Lipinski definition) is 3. The molecule has 0 spiro atoms. The molecule has 0 saturated carbocycles. The molecule has 0 fully saturated rings. The average Bonchev–Trinajstić information content (AvgIpc) is 2.62. The van der Waals surface area contributed by atoms with E-state index in [-0.39, 0.29) is 0 Å². The molecule has 76 valence electrons. The summed E-state index contributed by atoms with van der Waals surface area (Å²) >= 11 is 7.28. The maximum absolute atomic E-state index is 10.0. The summed E-state index contributed by atoms with van der Waals surface area (Å²) in [6.45, 7) is 3.63. The number of aliphatic hydroxyl groups excluding tert-OH is 1. The zero-order valence-corrected chi connectivity index (χ0v) is 9.69. The van der Waals surface area contributed by atoms with Crippen molar-refractivity contribution in [3.8, 4) is 6.07 Å². The second-order valence-electron chi connectivity index (χ2n) is 3.42. The number of aliphatic hydroxyl groups is 1. The Balaban J connectivity index is 3.02. The minimum absolute atomic E-state index is 0.539. The van der Waals surface area contributed by atoms with Crippen LogP contribution >= 0.6 is 22.9 Å². The van der Waals surface area contributed by atoms with Gasteiger partial charge in [0.05, 0.1) is 21.4 Å². The molecule has 2 nitrogen and oxygen atoms in total. The maximum atomic E-state index is 10.0. The van der Waals surface area contributed by atoms with E-state index in [1.54, 1.807) is 13.0 Å². The standard InChI is InChI=1S/C10H12ClNOS/c1-3-10(2,6-12)9(13)8-7(11)4-5-14-8/h4-5,9,13H,3H2,1-2H3. The molecular formula is C10H12ClNOS. The highest BCUT2D eigenvalue weighted by Gasteiger charge is 2.34. The van der Waals surface area contributed by atoms with Gasteiger partial charge in [-0.2, -0.15) is 5.26 Å². The quantitative estimate of drug-likeness (QED) is 0.864. The molecule has 1 aromatic rings. The molecule has 1 heterocycles. The van der Waals surface area contributed by atoms with Crippen molar-refractivity contribution in [2.75, 3.05) is 0 Å². The lowest BCUT2D eigenvalue weighted by molar-refractivity contribution is 0.0755. The van der Waals surface area contributed by atoms with Gasteiger partial charge in [0.2, 0.25) is 0 Å². The van der Waals surface area contributed by atoms with E-state index < -0.39 is 11.5 Å². The molecule has 0 aliphatic carbocycles. The maximum Gasteiger partial charge on any atom is 0.108 e. The zero-order valence-electron chi connectivity index (χ0n) is 8.12. The predicted molar refractivity (Wildman–Crippen MR) is 58.3 cm³/mol. The molecule has 0 aliphatic rings. The Morgan fingerprint density at radius 1 is 1.79 bits per heavy atom. The van der Waals surface area contributed by atoms with Crippen molar-refractivity contribution >= 4 is 22.9 Å². The number of thiophene rings is 1. The van der Waals surface area contributed by atoms with Gasteiger partial charge in [0.25, 0.3) is 0 Å². The first-order valence-corrected chi connectivity index (χ1v) is 5.63. The second-order valence-corrected chi connectivity index (χ2v) is 4.77. The van der Waals surface area contributed by atoms with Crippen LogP contribution in [-0.4, -0.2) is 5.11 Å². The number of rotatable bonds is 3. The van der Waals surface area contributed by atoms with Gasteiger partial charge in [0, 0.05) is 0 Å². The molecule has 1 rings (SSSR count). The highest BCUT2D eigenvalue weighted by Crippen LogP contribution is 2.41. The van der Waals surface area contributed by atoms with E-state index in [0.29, 0.717) is 16.3 Å². The Hall–Kier alpha value is -0.560. The van der Waals surface area contributed by atoms with E-state index in [2.05, 4.69) is 6.07 Å². The third-order valence-electron chi connectivity index (χ3n) is 2.49. The van der Waals surface area contributed by atoms with E-state index in [1.807, 2.05) is 12.3 Å². The van der Waals surface area contributed by atoms with Crippen LogP contribution in [0.1, 0.15) is 31.2 Å². The lowest BCUT2D eigenvalue weighted by Gasteiger charge is -2.25. The van der Waals surface area contributed by atoms with Gasteiger partial charge in [0.15, 0.2) is 0 Å². The van der Waals surface area contributed by atoms with Gasteiger partial charge < -0.3 is 5.11 Å². The lowest BCUT2D eigenvalue weighted by atomic mass is 9.82. The molecule has 0 aliphatic heterocycles.